The van der Waals surface area contributed by atoms with Crippen molar-refractivity contribution in [2.45, 2.75) is 32.2 Å². The Hall–Kier alpha value is -4.02. The number of rotatable bonds is 9. The zero-order chi connectivity index (χ0) is 29.0. The summed E-state index contributed by atoms with van der Waals surface area (Å²) in [6.07, 6.45) is 0.572. The predicted octanol–water partition coefficient (Wildman–Crippen LogP) is 4.53. The smallest absolute Gasteiger partial charge is 0.358 e. The Morgan fingerprint density at radius 1 is 1.15 bits per heavy atom. The normalized spacial score (nSPS) is 17.2. The van der Waals surface area contributed by atoms with E-state index in [9.17, 15) is 14.4 Å². The Labute approximate surface area is 237 Å². The van der Waals surface area contributed by atoms with Gasteiger partial charge in [-0.15, -0.1) is 0 Å². The highest BCUT2D eigenvalue weighted by Crippen LogP contribution is 2.35. The molecule has 1 unspecified atom stereocenters. The van der Waals surface area contributed by atoms with E-state index in [1.807, 2.05) is 38.1 Å². The zero-order valence-electron chi connectivity index (χ0n) is 22.9. The van der Waals surface area contributed by atoms with Crippen molar-refractivity contribution in [3.05, 3.63) is 87.5 Å². The Balaban J connectivity index is 1.55. The molecule has 1 aromatic carbocycles. The molecular formula is C29H31ClN4O6. The highest BCUT2D eigenvalue weighted by molar-refractivity contribution is 6.29. The number of ether oxygens (including phenoxy) is 2. The lowest BCUT2D eigenvalue weighted by Crippen LogP contribution is -2.25. The molecule has 1 aliphatic heterocycles. The minimum atomic E-state index is -0.616. The van der Waals surface area contributed by atoms with E-state index in [2.05, 4.69) is 10.3 Å². The molecule has 1 fully saturated rings. The zero-order valence-corrected chi connectivity index (χ0v) is 23.7. The van der Waals surface area contributed by atoms with Gasteiger partial charge < -0.3 is 14.8 Å². The van der Waals surface area contributed by atoms with Gasteiger partial charge >= 0.3 is 11.9 Å². The van der Waals surface area contributed by atoms with E-state index in [1.54, 1.807) is 31.3 Å². The highest BCUT2D eigenvalue weighted by Gasteiger charge is 2.39. The fourth-order valence-corrected chi connectivity index (χ4v) is 4.82. The van der Waals surface area contributed by atoms with Crippen molar-refractivity contribution in [2.75, 3.05) is 33.2 Å². The lowest BCUT2D eigenvalue weighted by molar-refractivity contribution is -0.139. The van der Waals surface area contributed by atoms with Gasteiger partial charge in [0.15, 0.2) is 5.69 Å². The quantitative estimate of drug-likeness (QED) is 0.226. The third-order valence-electron chi connectivity index (χ3n) is 6.81. The maximum absolute atomic E-state index is 12.9. The number of hydroxylamine groups is 2. The molecule has 10 nitrogen and oxygen atoms in total. The average Bonchev–Trinajstić information content (AvgIpc) is 3.32. The standard InChI is InChI=1S/C29H31ClN4O6/c1-16-12-22(17(2)31-21-10-11-24(30)33-26(21)29(37)38-4)32-23(13-16)25-20(15-40-28(25)36)14-18-6-8-19(9-7-18)27(35)34(3)39-5/h6-13,17,20,25,31H,14-15H2,1-5H3/t17-,20?,25+/m1/s1. The van der Waals surface area contributed by atoms with Crippen molar-refractivity contribution in [2.24, 2.45) is 5.92 Å². The second kappa shape index (κ2) is 12.4. The lowest BCUT2D eigenvalue weighted by Gasteiger charge is -2.20. The van der Waals surface area contributed by atoms with Gasteiger partial charge in [0.2, 0.25) is 0 Å². The molecule has 3 atom stereocenters. The number of carbonyl (C=O) groups is 3. The van der Waals surface area contributed by atoms with Crippen LogP contribution in [-0.4, -0.2) is 60.8 Å². The molecule has 3 aromatic rings. The van der Waals surface area contributed by atoms with Gasteiger partial charge in [0.25, 0.3) is 5.91 Å². The SMILES string of the molecule is COC(=O)c1nc(Cl)ccc1N[C@H](C)c1cc(C)cc([C@H]2C(=O)OCC2Cc2ccc(C(=O)N(C)OC)cc2)n1. The highest BCUT2D eigenvalue weighted by atomic mass is 35.5. The van der Waals surface area contributed by atoms with Crippen molar-refractivity contribution < 1.29 is 28.7 Å². The number of aryl methyl sites for hydroxylation is 1. The molecular weight excluding hydrogens is 536 g/mol. The van der Waals surface area contributed by atoms with Crippen molar-refractivity contribution in [1.82, 2.24) is 15.0 Å². The number of hydrogen-bond donors (Lipinski definition) is 1. The number of esters is 2. The van der Waals surface area contributed by atoms with Crippen LogP contribution in [0.2, 0.25) is 5.15 Å². The first-order valence-corrected chi connectivity index (χ1v) is 13.1. The molecule has 1 saturated heterocycles. The van der Waals surface area contributed by atoms with Crippen LogP contribution in [0.4, 0.5) is 5.69 Å². The van der Waals surface area contributed by atoms with E-state index >= 15 is 0 Å². The molecule has 1 amide bonds. The molecule has 40 heavy (non-hydrogen) atoms. The first kappa shape index (κ1) is 29.0. The first-order valence-electron chi connectivity index (χ1n) is 12.7. The van der Waals surface area contributed by atoms with Gasteiger partial charge in [-0.3, -0.25) is 19.4 Å². The third-order valence-corrected chi connectivity index (χ3v) is 7.02. The summed E-state index contributed by atoms with van der Waals surface area (Å²) < 4.78 is 10.3. The number of cyclic esters (lactones) is 1. The molecule has 4 rings (SSSR count). The van der Waals surface area contributed by atoms with Crippen LogP contribution in [0.5, 0.6) is 0 Å². The van der Waals surface area contributed by atoms with Gasteiger partial charge in [-0.2, -0.15) is 0 Å². The Morgan fingerprint density at radius 2 is 1.88 bits per heavy atom. The molecule has 3 heterocycles. The summed E-state index contributed by atoms with van der Waals surface area (Å²) in [5.74, 6) is -1.87. The summed E-state index contributed by atoms with van der Waals surface area (Å²) in [6.45, 7) is 4.11. The third kappa shape index (κ3) is 6.40. The van der Waals surface area contributed by atoms with E-state index in [0.717, 1.165) is 16.2 Å². The number of methoxy groups -OCH3 is 1. The summed E-state index contributed by atoms with van der Waals surface area (Å²) in [4.78, 5) is 51.3. The van der Waals surface area contributed by atoms with Crippen molar-refractivity contribution >= 4 is 35.1 Å². The number of pyridine rings is 2. The van der Waals surface area contributed by atoms with Crippen molar-refractivity contribution in [3.63, 3.8) is 0 Å². The summed E-state index contributed by atoms with van der Waals surface area (Å²) in [7, 11) is 4.25. The Kier molecular flexibility index (Phi) is 9.01. The van der Waals surface area contributed by atoms with Crippen LogP contribution in [0, 0.1) is 12.8 Å². The van der Waals surface area contributed by atoms with E-state index in [4.69, 9.17) is 30.9 Å². The van der Waals surface area contributed by atoms with Gasteiger partial charge in [0.05, 0.1) is 43.9 Å². The minimum absolute atomic E-state index is 0.0655. The summed E-state index contributed by atoms with van der Waals surface area (Å²) in [6, 6.07) is 13.9. The molecule has 1 aliphatic rings. The maximum atomic E-state index is 12.9. The first-order chi connectivity index (χ1) is 19.1. The number of anilines is 1. The van der Waals surface area contributed by atoms with Crippen LogP contribution in [0.25, 0.3) is 0 Å². The fraction of sp³-hybridized carbons (Fsp3) is 0.345. The van der Waals surface area contributed by atoms with Crippen LogP contribution in [0.3, 0.4) is 0 Å². The van der Waals surface area contributed by atoms with Gasteiger partial charge in [-0.1, -0.05) is 23.7 Å². The van der Waals surface area contributed by atoms with Crippen LogP contribution >= 0.6 is 11.6 Å². The number of aromatic nitrogens is 2. The minimum Gasteiger partial charge on any atom is -0.465 e. The topological polar surface area (TPSA) is 120 Å². The number of hydrogen-bond acceptors (Lipinski definition) is 9. The summed E-state index contributed by atoms with van der Waals surface area (Å²) in [5.41, 5.74) is 4.22. The monoisotopic (exact) mass is 566 g/mol. The Morgan fingerprint density at radius 3 is 2.55 bits per heavy atom. The fourth-order valence-electron chi connectivity index (χ4n) is 4.67. The predicted molar refractivity (Wildman–Crippen MR) is 148 cm³/mol. The van der Waals surface area contributed by atoms with Gasteiger partial charge in [-0.25, -0.2) is 14.8 Å². The number of amides is 1. The van der Waals surface area contributed by atoms with Crippen LogP contribution in [0.15, 0.2) is 48.5 Å². The molecule has 0 bridgehead atoms. The average molecular weight is 567 g/mol. The number of carbonyl (C=O) groups excluding carboxylic acids is 3. The molecule has 0 spiro atoms. The molecule has 0 radical (unpaired) electrons. The van der Waals surface area contributed by atoms with E-state index in [1.165, 1.54) is 14.2 Å². The summed E-state index contributed by atoms with van der Waals surface area (Å²) >= 11 is 5.99. The van der Waals surface area contributed by atoms with Crippen LogP contribution in [0.1, 0.15) is 62.2 Å². The number of halogens is 1. The van der Waals surface area contributed by atoms with Crippen LogP contribution in [-0.2, 0) is 25.5 Å². The van der Waals surface area contributed by atoms with Gasteiger partial charge in [0, 0.05) is 18.5 Å². The van der Waals surface area contributed by atoms with Crippen molar-refractivity contribution in [1.29, 1.82) is 0 Å². The lowest BCUT2D eigenvalue weighted by atomic mass is 9.86. The van der Waals surface area contributed by atoms with E-state index in [-0.39, 0.29) is 41.3 Å². The molecule has 0 aliphatic carbocycles. The number of nitrogens with zero attached hydrogens (tertiary/aromatic N) is 3. The molecule has 1 N–H and O–H groups in total. The largest absolute Gasteiger partial charge is 0.465 e. The summed E-state index contributed by atoms with van der Waals surface area (Å²) in [5, 5.41) is 4.59. The van der Waals surface area contributed by atoms with Crippen molar-refractivity contribution in [3.8, 4) is 0 Å². The van der Waals surface area contributed by atoms with Gasteiger partial charge in [-0.05, 0) is 67.8 Å². The number of benzene rings is 1. The molecule has 210 valence electrons. The Bertz CT molecular complexity index is 1410. The van der Waals surface area contributed by atoms with E-state index in [0.29, 0.717) is 29.1 Å². The molecule has 2 aromatic heterocycles. The maximum Gasteiger partial charge on any atom is 0.358 e. The second-order valence-electron chi connectivity index (χ2n) is 9.64. The van der Waals surface area contributed by atoms with Crippen LogP contribution < -0.4 is 5.32 Å². The molecule has 11 heteroatoms. The second-order valence-corrected chi connectivity index (χ2v) is 10.0. The van der Waals surface area contributed by atoms with E-state index < -0.39 is 11.9 Å². The number of nitrogens with one attached hydrogen (secondary N) is 1. The molecule has 0 saturated carbocycles. The van der Waals surface area contributed by atoms with Gasteiger partial charge in [0.1, 0.15) is 11.1 Å².